The second-order valence-corrected chi connectivity index (χ2v) is 5.14. The van der Waals surface area contributed by atoms with Crippen molar-refractivity contribution in [1.82, 2.24) is 20.3 Å². The van der Waals surface area contributed by atoms with Crippen molar-refractivity contribution in [3.05, 3.63) is 12.5 Å². The van der Waals surface area contributed by atoms with Gasteiger partial charge in [-0.3, -0.25) is 0 Å². The molecular formula is C14H22N6. The third kappa shape index (κ3) is 2.56. The van der Waals surface area contributed by atoms with E-state index in [1.54, 1.807) is 6.33 Å². The molecule has 0 radical (unpaired) electrons. The van der Waals surface area contributed by atoms with Gasteiger partial charge >= 0.3 is 0 Å². The van der Waals surface area contributed by atoms with Gasteiger partial charge in [0.15, 0.2) is 5.82 Å². The third-order valence-corrected chi connectivity index (χ3v) is 3.72. The number of nitrogens with one attached hydrogen (secondary N) is 3. The van der Waals surface area contributed by atoms with Crippen molar-refractivity contribution < 1.29 is 0 Å². The van der Waals surface area contributed by atoms with Crippen molar-refractivity contribution in [2.75, 3.05) is 42.9 Å². The van der Waals surface area contributed by atoms with Crippen molar-refractivity contribution in [2.45, 2.75) is 19.8 Å². The molecule has 0 amide bonds. The number of H-pyrrole nitrogens is 1. The molecule has 1 saturated heterocycles. The molecule has 0 spiro atoms. The first-order chi connectivity index (χ1) is 9.90. The zero-order valence-electron chi connectivity index (χ0n) is 11.9. The maximum Gasteiger partial charge on any atom is 0.153 e. The van der Waals surface area contributed by atoms with Gasteiger partial charge in [0, 0.05) is 38.9 Å². The fourth-order valence-corrected chi connectivity index (χ4v) is 2.59. The first kappa shape index (κ1) is 13.2. The van der Waals surface area contributed by atoms with Crippen molar-refractivity contribution in [3.8, 4) is 0 Å². The van der Waals surface area contributed by atoms with Crippen molar-refractivity contribution in [3.63, 3.8) is 0 Å². The Morgan fingerprint density at radius 3 is 2.95 bits per heavy atom. The Hall–Kier alpha value is -1.82. The van der Waals surface area contributed by atoms with E-state index in [0.29, 0.717) is 0 Å². The average Bonchev–Trinajstić information content (AvgIpc) is 2.93. The van der Waals surface area contributed by atoms with Gasteiger partial charge < -0.3 is 20.5 Å². The van der Waals surface area contributed by atoms with E-state index in [9.17, 15) is 0 Å². The van der Waals surface area contributed by atoms with Gasteiger partial charge in [0.2, 0.25) is 0 Å². The number of rotatable bonds is 5. The number of piperazine rings is 1. The number of aromatic amines is 1. The Kier molecular flexibility index (Phi) is 4.01. The van der Waals surface area contributed by atoms with Gasteiger partial charge in [-0.2, -0.15) is 0 Å². The molecule has 0 atom stereocenters. The lowest BCUT2D eigenvalue weighted by Crippen LogP contribution is -2.43. The van der Waals surface area contributed by atoms with E-state index in [1.807, 2.05) is 0 Å². The van der Waals surface area contributed by atoms with Crippen LogP contribution in [0.4, 0.5) is 11.5 Å². The zero-order chi connectivity index (χ0) is 13.8. The van der Waals surface area contributed by atoms with Crippen molar-refractivity contribution in [1.29, 1.82) is 0 Å². The SMILES string of the molecule is CCCCNc1ncnc2c(N3CCNCC3)c[nH]c12. The van der Waals surface area contributed by atoms with Crippen LogP contribution in [0.25, 0.3) is 11.0 Å². The van der Waals surface area contributed by atoms with Gasteiger partial charge in [0.05, 0.1) is 5.69 Å². The molecule has 6 nitrogen and oxygen atoms in total. The summed E-state index contributed by atoms with van der Waals surface area (Å²) in [4.78, 5) is 14.5. The number of aromatic nitrogens is 3. The summed E-state index contributed by atoms with van der Waals surface area (Å²) in [7, 11) is 0. The fraction of sp³-hybridized carbons (Fsp3) is 0.571. The Bertz CT molecular complexity index is 558. The number of anilines is 2. The van der Waals surface area contributed by atoms with E-state index in [-0.39, 0.29) is 0 Å². The monoisotopic (exact) mass is 274 g/mol. The highest BCUT2D eigenvalue weighted by Crippen LogP contribution is 2.28. The molecule has 108 valence electrons. The van der Waals surface area contributed by atoms with Crippen LogP contribution in [-0.2, 0) is 0 Å². The molecule has 3 rings (SSSR count). The normalized spacial score (nSPS) is 15.8. The van der Waals surface area contributed by atoms with E-state index in [0.717, 1.165) is 56.0 Å². The lowest BCUT2D eigenvalue weighted by molar-refractivity contribution is 0.590. The van der Waals surface area contributed by atoms with Crippen LogP contribution >= 0.6 is 0 Å². The molecule has 3 N–H and O–H groups in total. The summed E-state index contributed by atoms with van der Waals surface area (Å²) >= 11 is 0. The van der Waals surface area contributed by atoms with Crippen LogP contribution in [-0.4, -0.2) is 47.7 Å². The minimum atomic E-state index is 0.907. The lowest BCUT2D eigenvalue weighted by Gasteiger charge is -2.28. The largest absolute Gasteiger partial charge is 0.368 e. The maximum absolute atomic E-state index is 4.46. The molecule has 2 aromatic rings. The lowest BCUT2D eigenvalue weighted by atomic mass is 10.3. The molecule has 3 heterocycles. The van der Waals surface area contributed by atoms with Gasteiger partial charge in [0.25, 0.3) is 0 Å². The summed E-state index contributed by atoms with van der Waals surface area (Å²) in [6.07, 6.45) is 6.03. The van der Waals surface area contributed by atoms with Crippen LogP contribution < -0.4 is 15.5 Å². The predicted octanol–water partition coefficient (Wildman–Crippen LogP) is 1.58. The van der Waals surface area contributed by atoms with Crippen molar-refractivity contribution in [2.24, 2.45) is 0 Å². The van der Waals surface area contributed by atoms with Crippen LogP contribution in [0, 0.1) is 0 Å². The number of hydrogen-bond donors (Lipinski definition) is 3. The van der Waals surface area contributed by atoms with Crippen LogP contribution in [0.15, 0.2) is 12.5 Å². The van der Waals surface area contributed by atoms with Crippen LogP contribution in [0.3, 0.4) is 0 Å². The van der Waals surface area contributed by atoms with E-state index in [1.165, 1.54) is 12.1 Å². The van der Waals surface area contributed by atoms with Crippen LogP contribution in [0.5, 0.6) is 0 Å². The van der Waals surface area contributed by atoms with E-state index >= 15 is 0 Å². The minimum Gasteiger partial charge on any atom is -0.368 e. The van der Waals surface area contributed by atoms with Gasteiger partial charge in [-0.15, -0.1) is 0 Å². The molecule has 2 aromatic heterocycles. The molecule has 20 heavy (non-hydrogen) atoms. The Morgan fingerprint density at radius 1 is 1.30 bits per heavy atom. The first-order valence-corrected chi connectivity index (χ1v) is 7.41. The minimum absolute atomic E-state index is 0.907. The van der Waals surface area contributed by atoms with E-state index < -0.39 is 0 Å². The second kappa shape index (κ2) is 6.09. The fourth-order valence-electron chi connectivity index (χ4n) is 2.59. The second-order valence-electron chi connectivity index (χ2n) is 5.14. The number of fused-ring (bicyclic) bond motifs is 1. The molecule has 0 unspecified atom stereocenters. The van der Waals surface area contributed by atoms with E-state index in [2.05, 4.69) is 43.6 Å². The Morgan fingerprint density at radius 2 is 2.15 bits per heavy atom. The molecule has 1 aliphatic rings. The molecule has 0 saturated carbocycles. The standard InChI is InChI=1S/C14H22N6/c1-2-3-4-16-14-13-12(18-10-19-14)11(9-17-13)20-7-5-15-6-8-20/h9-10,15,17H,2-8H2,1H3,(H,16,18,19). The summed E-state index contributed by atoms with van der Waals surface area (Å²) in [5, 5.41) is 6.77. The van der Waals surface area contributed by atoms with Gasteiger partial charge in [0.1, 0.15) is 17.4 Å². The highest BCUT2D eigenvalue weighted by Gasteiger charge is 2.17. The van der Waals surface area contributed by atoms with Gasteiger partial charge in [-0.05, 0) is 6.42 Å². The summed E-state index contributed by atoms with van der Waals surface area (Å²) in [5.74, 6) is 0.907. The summed E-state index contributed by atoms with van der Waals surface area (Å²) < 4.78 is 0. The Balaban J connectivity index is 1.86. The third-order valence-electron chi connectivity index (χ3n) is 3.72. The van der Waals surface area contributed by atoms with E-state index in [4.69, 9.17) is 0 Å². The highest BCUT2D eigenvalue weighted by atomic mass is 15.2. The average molecular weight is 274 g/mol. The van der Waals surface area contributed by atoms with Crippen molar-refractivity contribution >= 4 is 22.5 Å². The number of unbranched alkanes of at least 4 members (excludes halogenated alkanes) is 1. The zero-order valence-corrected chi connectivity index (χ0v) is 11.9. The number of hydrogen-bond acceptors (Lipinski definition) is 5. The van der Waals surface area contributed by atoms with Crippen LogP contribution in [0.1, 0.15) is 19.8 Å². The molecule has 0 aliphatic carbocycles. The first-order valence-electron chi connectivity index (χ1n) is 7.41. The molecular weight excluding hydrogens is 252 g/mol. The predicted molar refractivity (Wildman–Crippen MR) is 82.4 cm³/mol. The quantitative estimate of drug-likeness (QED) is 0.722. The topological polar surface area (TPSA) is 68.9 Å². The maximum atomic E-state index is 4.46. The van der Waals surface area contributed by atoms with Gasteiger partial charge in [-0.1, -0.05) is 13.3 Å². The molecule has 1 fully saturated rings. The summed E-state index contributed by atoms with van der Waals surface area (Å²) in [5.41, 5.74) is 3.21. The molecule has 0 aromatic carbocycles. The van der Waals surface area contributed by atoms with Gasteiger partial charge in [-0.25, -0.2) is 9.97 Å². The molecule has 6 heteroatoms. The van der Waals surface area contributed by atoms with Crippen LogP contribution in [0.2, 0.25) is 0 Å². The smallest absolute Gasteiger partial charge is 0.153 e. The molecule has 1 aliphatic heterocycles. The summed E-state index contributed by atoms with van der Waals surface area (Å²) in [6.45, 7) is 7.24. The highest BCUT2D eigenvalue weighted by molar-refractivity contribution is 5.95. The Labute approximate surface area is 119 Å². The summed E-state index contributed by atoms with van der Waals surface area (Å²) in [6, 6.07) is 0. The molecule has 0 bridgehead atoms. The number of nitrogens with zero attached hydrogens (tertiary/aromatic N) is 3.